The molecule has 1 heterocycles. The van der Waals surface area contributed by atoms with Crippen LogP contribution in [0.15, 0.2) is 30.3 Å². The Hall–Kier alpha value is -2.98. The van der Waals surface area contributed by atoms with Crippen molar-refractivity contribution < 1.29 is 33.4 Å². The number of esters is 1. The molecule has 272 valence electrons. The van der Waals surface area contributed by atoms with Gasteiger partial charge in [-0.25, -0.2) is 4.79 Å². The van der Waals surface area contributed by atoms with E-state index in [-0.39, 0.29) is 54.5 Å². The number of ether oxygens (including phenoxy) is 3. The minimum atomic E-state index is -0.887. The first-order valence-corrected chi connectivity index (χ1v) is 17.8. The molecule has 0 aromatic heterocycles. The Morgan fingerprint density at radius 2 is 1.65 bits per heavy atom. The van der Waals surface area contributed by atoms with Gasteiger partial charge in [0.2, 0.25) is 17.7 Å². The van der Waals surface area contributed by atoms with Crippen LogP contribution >= 0.6 is 0 Å². The van der Waals surface area contributed by atoms with Crippen LogP contribution in [0.5, 0.6) is 0 Å². The van der Waals surface area contributed by atoms with E-state index in [2.05, 4.69) is 19.2 Å². The number of rotatable bonds is 19. The van der Waals surface area contributed by atoms with Crippen LogP contribution in [0.3, 0.4) is 0 Å². The van der Waals surface area contributed by atoms with Gasteiger partial charge in [0.1, 0.15) is 11.6 Å². The van der Waals surface area contributed by atoms with Crippen LogP contribution in [-0.4, -0.2) is 97.2 Å². The minimum Gasteiger partial charge on any atom is -0.458 e. The van der Waals surface area contributed by atoms with Gasteiger partial charge in [-0.05, 0) is 50.5 Å². The zero-order valence-corrected chi connectivity index (χ0v) is 31.4. The number of hydrogen-bond donors (Lipinski definition) is 1. The van der Waals surface area contributed by atoms with Gasteiger partial charge in [-0.3, -0.25) is 14.4 Å². The van der Waals surface area contributed by atoms with Crippen molar-refractivity contribution in [2.75, 3.05) is 27.8 Å². The predicted octanol–water partition coefficient (Wildman–Crippen LogP) is 5.41. The second-order valence-corrected chi connectivity index (χ2v) is 14.5. The van der Waals surface area contributed by atoms with Crippen LogP contribution in [0, 0.1) is 17.8 Å². The highest BCUT2D eigenvalue weighted by Gasteiger charge is 2.42. The summed E-state index contributed by atoms with van der Waals surface area (Å²) >= 11 is 0. The van der Waals surface area contributed by atoms with Gasteiger partial charge in [-0.2, -0.15) is 0 Å². The Morgan fingerprint density at radius 1 is 1.00 bits per heavy atom. The van der Waals surface area contributed by atoms with Crippen molar-refractivity contribution in [3.8, 4) is 0 Å². The van der Waals surface area contributed by atoms with E-state index in [1.807, 2.05) is 76.9 Å². The highest BCUT2D eigenvalue weighted by molar-refractivity contribution is 5.86. The summed E-state index contributed by atoms with van der Waals surface area (Å²) in [5, 5.41) is 2.95. The maximum atomic E-state index is 14.0. The van der Waals surface area contributed by atoms with E-state index in [1.54, 1.807) is 26.0 Å². The number of methoxy groups -OCH3 is 2. The molecule has 7 unspecified atom stereocenters. The zero-order valence-electron chi connectivity index (χ0n) is 31.4. The first-order valence-electron chi connectivity index (χ1n) is 17.8. The normalized spacial score (nSPS) is 18.8. The van der Waals surface area contributed by atoms with Gasteiger partial charge in [-0.1, -0.05) is 78.3 Å². The van der Waals surface area contributed by atoms with Crippen LogP contribution in [0.4, 0.5) is 0 Å². The van der Waals surface area contributed by atoms with Crippen LogP contribution in [0.25, 0.3) is 0 Å². The number of carbonyl (C=O) groups excluding carboxylic acids is 4. The number of hydrogen-bond acceptors (Lipinski definition) is 7. The third kappa shape index (κ3) is 11.6. The van der Waals surface area contributed by atoms with Crippen LogP contribution in [-0.2, 0) is 39.8 Å². The van der Waals surface area contributed by atoms with Gasteiger partial charge in [0.05, 0.1) is 36.6 Å². The van der Waals surface area contributed by atoms with Crippen LogP contribution in [0.2, 0.25) is 0 Å². The van der Waals surface area contributed by atoms with E-state index in [0.717, 1.165) is 18.4 Å². The van der Waals surface area contributed by atoms with Crippen LogP contribution < -0.4 is 5.32 Å². The fourth-order valence-electron chi connectivity index (χ4n) is 6.58. The van der Waals surface area contributed by atoms with Gasteiger partial charge in [-0.15, -0.1) is 0 Å². The molecule has 7 atom stereocenters. The lowest BCUT2D eigenvalue weighted by Crippen LogP contribution is -2.54. The van der Waals surface area contributed by atoms with E-state index in [4.69, 9.17) is 14.2 Å². The van der Waals surface area contributed by atoms with Gasteiger partial charge >= 0.3 is 5.97 Å². The molecular formula is C38H63N3O7. The molecule has 0 spiro atoms. The third-order valence-corrected chi connectivity index (χ3v) is 10.00. The number of nitrogens with one attached hydrogen (secondary N) is 1. The second-order valence-electron chi connectivity index (χ2n) is 14.5. The van der Waals surface area contributed by atoms with Gasteiger partial charge in [0.25, 0.3) is 0 Å². The van der Waals surface area contributed by atoms with Crippen molar-refractivity contribution >= 4 is 23.7 Å². The fourth-order valence-corrected chi connectivity index (χ4v) is 6.58. The topological polar surface area (TPSA) is 114 Å². The van der Waals surface area contributed by atoms with Crippen molar-refractivity contribution in [2.45, 2.75) is 136 Å². The number of nitrogens with zero attached hydrogens (tertiary/aromatic N) is 2. The average molecular weight is 674 g/mol. The summed E-state index contributed by atoms with van der Waals surface area (Å²) in [5.74, 6) is -1.21. The van der Waals surface area contributed by atoms with Crippen molar-refractivity contribution in [1.29, 1.82) is 0 Å². The molecule has 1 N–H and O–H groups in total. The first kappa shape index (κ1) is 41.2. The maximum Gasteiger partial charge on any atom is 0.329 e. The van der Waals surface area contributed by atoms with E-state index in [0.29, 0.717) is 25.8 Å². The molecule has 1 fully saturated rings. The molecular weight excluding hydrogens is 610 g/mol. The van der Waals surface area contributed by atoms with E-state index in [9.17, 15) is 19.2 Å². The van der Waals surface area contributed by atoms with Crippen molar-refractivity contribution in [3.05, 3.63) is 35.9 Å². The van der Waals surface area contributed by atoms with Crippen LogP contribution in [0.1, 0.15) is 99.5 Å². The Bertz CT molecular complexity index is 1170. The highest BCUT2D eigenvalue weighted by Crippen LogP contribution is 2.30. The van der Waals surface area contributed by atoms with E-state index >= 15 is 0 Å². The van der Waals surface area contributed by atoms with Crippen molar-refractivity contribution in [1.82, 2.24) is 15.1 Å². The summed E-state index contributed by atoms with van der Waals surface area (Å²) in [6, 6.07) is 8.04. The lowest BCUT2D eigenvalue weighted by atomic mass is 9.90. The first-order chi connectivity index (χ1) is 22.6. The average Bonchev–Trinajstić information content (AvgIpc) is 3.53. The number of amides is 3. The highest BCUT2D eigenvalue weighted by atomic mass is 16.6. The molecule has 2 rings (SSSR count). The van der Waals surface area contributed by atoms with Gasteiger partial charge in [0, 0.05) is 40.7 Å². The Kier molecular flexibility index (Phi) is 16.5. The van der Waals surface area contributed by atoms with E-state index in [1.165, 1.54) is 0 Å². The quantitative estimate of drug-likeness (QED) is 0.195. The number of benzene rings is 1. The Balaban J connectivity index is 2.25. The Labute approximate surface area is 289 Å². The molecule has 0 saturated carbocycles. The molecule has 1 aliphatic heterocycles. The lowest BCUT2D eigenvalue weighted by Gasteiger charge is -2.39. The molecule has 3 amide bonds. The summed E-state index contributed by atoms with van der Waals surface area (Å²) < 4.78 is 17.7. The molecule has 1 aliphatic rings. The Morgan fingerprint density at radius 3 is 2.19 bits per heavy atom. The third-order valence-electron chi connectivity index (χ3n) is 10.00. The SMILES string of the molecule is CCC(C)C(C(CC(=O)N1CCCC1C(OC)C(C)C(=O)NC(Cc1ccccc1)C(=O)OC(C)(C)CC)OC)N(C)C(=O)CC(C)C. The molecule has 0 aliphatic carbocycles. The van der Waals surface area contributed by atoms with Gasteiger partial charge < -0.3 is 29.3 Å². The fraction of sp³-hybridized carbons (Fsp3) is 0.737. The maximum absolute atomic E-state index is 14.0. The standard InChI is InChI=1S/C38H63N3O7/c1-12-26(5)34(40(9)32(42)22-25(3)4)31(46-10)24-33(43)41-21-17-20-30(41)35(47-11)27(6)36(44)39-29(23-28-18-15-14-16-19-28)37(45)48-38(7,8)13-2/h14-16,18-19,25-27,29-31,34-35H,12-13,17,20-24H2,1-11H3,(H,39,44). The summed E-state index contributed by atoms with van der Waals surface area (Å²) in [7, 11) is 4.96. The summed E-state index contributed by atoms with van der Waals surface area (Å²) in [5.41, 5.74) is 0.227. The molecule has 48 heavy (non-hydrogen) atoms. The van der Waals surface area contributed by atoms with Crippen molar-refractivity contribution in [2.24, 2.45) is 17.8 Å². The summed E-state index contributed by atoms with van der Waals surface area (Å²) in [6.07, 6.45) is 2.65. The molecule has 1 saturated heterocycles. The van der Waals surface area contributed by atoms with E-state index < -0.39 is 35.7 Å². The molecule has 0 radical (unpaired) electrons. The largest absolute Gasteiger partial charge is 0.458 e. The summed E-state index contributed by atoms with van der Waals surface area (Å²) in [4.78, 5) is 57.8. The molecule has 1 aromatic carbocycles. The second kappa shape index (κ2) is 19.3. The number of carbonyl (C=O) groups is 4. The number of likely N-dealkylation sites (N-methyl/N-ethyl adjacent to an activating group) is 1. The lowest BCUT2D eigenvalue weighted by molar-refractivity contribution is -0.161. The van der Waals surface area contributed by atoms with Gasteiger partial charge in [0.15, 0.2) is 0 Å². The molecule has 10 heteroatoms. The monoisotopic (exact) mass is 673 g/mol. The zero-order chi connectivity index (χ0) is 36.2. The molecule has 1 aromatic rings. The predicted molar refractivity (Wildman–Crippen MR) is 188 cm³/mol. The number of likely N-dealkylation sites (tertiary alicyclic amines) is 1. The summed E-state index contributed by atoms with van der Waals surface area (Å²) in [6.45, 7) is 16.2. The minimum absolute atomic E-state index is 0.0378. The van der Waals surface area contributed by atoms with Crippen molar-refractivity contribution in [3.63, 3.8) is 0 Å². The molecule has 0 bridgehead atoms. The smallest absolute Gasteiger partial charge is 0.329 e. The molecule has 10 nitrogen and oxygen atoms in total.